The highest BCUT2D eigenvalue weighted by Crippen LogP contribution is 2.56. The van der Waals surface area contributed by atoms with Gasteiger partial charge >= 0.3 is 0 Å². The minimum atomic E-state index is 1.33. The Labute approximate surface area is 252 Å². The molecular weight excluding hydrogens is 528 g/mol. The summed E-state index contributed by atoms with van der Waals surface area (Å²) in [6, 6.07) is 50.7. The summed E-state index contributed by atoms with van der Waals surface area (Å²) in [5.41, 5.74) is 10.9. The van der Waals surface area contributed by atoms with E-state index in [1.807, 2.05) is 0 Å². The van der Waals surface area contributed by atoms with Crippen LogP contribution in [0.1, 0.15) is 0 Å². The summed E-state index contributed by atoms with van der Waals surface area (Å²) in [4.78, 5) is 0. The van der Waals surface area contributed by atoms with Gasteiger partial charge in [-0.15, -0.1) is 0 Å². The average molecular weight is 551 g/mol. The van der Waals surface area contributed by atoms with Gasteiger partial charge in [-0.25, -0.2) is 0 Å². The summed E-state index contributed by atoms with van der Waals surface area (Å²) in [7, 11) is 0. The predicted molar refractivity (Wildman–Crippen MR) is 189 cm³/mol. The third kappa shape index (κ3) is 2.33. The molecule has 0 fully saturated rings. The Morgan fingerprint density at radius 2 is 0.500 bits per heavy atom. The van der Waals surface area contributed by atoms with Gasteiger partial charge in [-0.2, -0.15) is 0 Å². The normalized spacial score (nSPS) is 13.0. The van der Waals surface area contributed by atoms with E-state index in [1.165, 1.54) is 120 Å². The van der Waals surface area contributed by atoms with Gasteiger partial charge in [0.05, 0.1) is 0 Å². The summed E-state index contributed by atoms with van der Waals surface area (Å²) in [6.07, 6.45) is 0. The maximum absolute atomic E-state index is 2.48. The molecule has 44 heavy (non-hydrogen) atoms. The molecule has 12 rings (SSSR count). The standard InChI is InChI=1S/C44H22/c1-5-11-27-23(7-1)24-8-2-6-12-28(24)38-22-40-36-20-18-34-32-16-14-30-26-10-4-3-9-25(26)29-13-15-31(42(32)41(29)30)33-17-19-35(44(36)43(33)34)39(40)21-37(27)38/h1-22H. The van der Waals surface area contributed by atoms with E-state index < -0.39 is 0 Å². The molecule has 0 amide bonds. The van der Waals surface area contributed by atoms with Crippen molar-refractivity contribution in [1.29, 1.82) is 0 Å². The smallest absolute Gasteiger partial charge is 0.00139 e. The molecule has 0 bridgehead atoms. The fraction of sp³-hybridized carbons (Fsp3) is 0. The van der Waals surface area contributed by atoms with E-state index in [9.17, 15) is 0 Å². The van der Waals surface area contributed by atoms with Crippen LogP contribution in [0.4, 0.5) is 0 Å². The van der Waals surface area contributed by atoms with Crippen LogP contribution in [-0.4, -0.2) is 0 Å². The summed E-state index contributed by atoms with van der Waals surface area (Å²) in [6.45, 7) is 0. The number of rotatable bonds is 0. The Balaban J connectivity index is 1.24. The molecule has 0 aromatic heterocycles. The summed E-state index contributed by atoms with van der Waals surface area (Å²) in [5, 5.41) is 19.1. The first kappa shape index (κ1) is 21.9. The summed E-state index contributed by atoms with van der Waals surface area (Å²) in [5.74, 6) is 0. The molecule has 198 valence electrons. The number of hydrogen-bond donors (Lipinski definition) is 0. The van der Waals surface area contributed by atoms with Crippen molar-refractivity contribution in [2.45, 2.75) is 0 Å². The lowest BCUT2D eigenvalue weighted by molar-refractivity contribution is 1.70. The first-order valence-electron chi connectivity index (χ1n) is 15.5. The molecular formula is C44H22. The Hall–Kier alpha value is -5.72. The van der Waals surface area contributed by atoms with Crippen molar-refractivity contribution in [2.24, 2.45) is 0 Å². The molecule has 0 heterocycles. The Morgan fingerprint density at radius 3 is 0.886 bits per heavy atom. The third-order valence-corrected chi connectivity index (χ3v) is 10.9. The molecule has 10 aromatic rings. The van der Waals surface area contributed by atoms with Crippen LogP contribution in [0.3, 0.4) is 0 Å². The van der Waals surface area contributed by atoms with Crippen LogP contribution in [0.15, 0.2) is 133 Å². The van der Waals surface area contributed by atoms with Crippen molar-refractivity contribution in [3.63, 3.8) is 0 Å². The molecule has 0 atom stereocenters. The van der Waals surface area contributed by atoms with Crippen molar-refractivity contribution >= 4 is 75.4 Å². The minimum Gasteiger partial charge on any atom is -0.0616 e. The van der Waals surface area contributed by atoms with Crippen LogP contribution in [0.2, 0.25) is 0 Å². The summed E-state index contributed by atoms with van der Waals surface area (Å²) >= 11 is 0. The maximum Gasteiger partial charge on any atom is -0.00139 e. The zero-order valence-electron chi connectivity index (χ0n) is 23.7. The second-order valence-corrected chi connectivity index (χ2v) is 12.7. The predicted octanol–water partition coefficient (Wildman–Crippen LogP) is 12.5. The van der Waals surface area contributed by atoms with E-state index in [4.69, 9.17) is 0 Å². The molecule has 0 unspecified atom stereocenters. The Morgan fingerprint density at radius 1 is 0.182 bits per heavy atom. The minimum absolute atomic E-state index is 1.33. The SMILES string of the molecule is c1ccc2c(c1)-c1ccc3c4ccc5c6c(ccc(c7ccc-2c1c37)c64)-c1cc2c3ccccc3c3ccccc3c2cc1-5. The van der Waals surface area contributed by atoms with E-state index in [1.54, 1.807) is 0 Å². The molecule has 2 aliphatic rings. The molecule has 0 heteroatoms. The van der Waals surface area contributed by atoms with Gasteiger partial charge in [0, 0.05) is 0 Å². The Bertz CT molecular complexity index is 2780. The fourth-order valence-corrected chi connectivity index (χ4v) is 9.14. The second-order valence-electron chi connectivity index (χ2n) is 12.7. The molecule has 0 saturated heterocycles. The molecule has 2 aliphatic carbocycles. The maximum atomic E-state index is 2.48. The van der Waals surface area contributed by atoms with Gasteiger partial charge in [0.15, 0.2) is 0 Å². The van der Waals surface area contributed by atoms with Crippen molar-refractivity contribution in [2.75, 3.05) is 0 Å². The van der Waals surface area contributed by atoms with Crippen molar-refractivity contribution in [3.05, 3.63) is 133 Å². The van der Waals surface area contributed by atoms with E-state index in [0.29, 0.717) is 0 Å². The molecule has 0 N–H and O–H groups in total. The largest absolute Gasteiger partial charge is 0.0616 e. The van der Waals surface area contributed by atoms with E-state index in [-0.39, 0.29) is 0 Å². The molecule has 0 nitrogen and oxygen atoms in total. The van der Waals surface area contributed by atoms with Gasteiger partial charge in [-0.3, -0.25) is 0 Å². The lowest BCUT2D eigenvalue weighted by atomic mass is 9.86. The van der Waals surface area contributed by atoms with Gasteiger partial charge in [0.2, 0.25) is 0 Å². The highest BCUT2D eigenvalue weighted by atomic mass is 14.3. The van der Waals surface area contributed by atoms with E-state index in [2.05, 4.69) is 133 Å². The number of benzene rings is 10. The molecule has 0 aliphatic heterocycles. The quantitative estimate of drug-likeness (QED) is 0.130. The molecule has 10 aromatic carbocycles. The van der Waals surface area contributed by atoms with Gasteiger partial charge < -0.3 is 0 Å². The number of hydrogen-bond acceptors (Lipinski definition) is 0. The van der Waals surface area contributed by atoms with E-state index in [0.717, 1.165) is 0 Å². The van der Waals surface area contributed by atoms with Gasteiger partial charge in [0.1, 0.15) is 0 Å². The monoisotopic (exact) mass is 550 g/mol. The van der Waals surface area contributed by atoms with Crippen LogP contribution in [0.5, 0.6) is 0 Å². The fourth-order valence-electron chi connectivity index (χ4n) is 9.14. The third-order valence-electron chi connectivity index (χ3n) is 10.9. The highest BCUT2D eigenvalue weighted by molar-refractivity contribution is 6.40. The zero-order valence-corrected chi connectivity index (χ0v) is 23.7. The number of fused-ring (bicyclic) bond motifs is 14. The molecule has 0 spiro atoms. The topological polar surface area (TPSA) is 0 Å². The lowest BCUT2D eigenvalue weighted by Crippen LogP contribution is -1.88. The van der Waals surface area contributed by atoms with Gasteiger partial charge in [-0.1, -0.05) is 121 Å². The van der Waals surface area contributed by atoms with Gasteiger partial charge in [0.25, 0.3) is 0 Å². The van der Waals surface area contributed by atoms with Crippen molar-refractivity contribution < 1.29 is 0 Å². The van der Waals surface area contributed by atoms with E-state index >= 15 is 0 Å². The second kappa shape index (κ2) is 7.25. The van der Waals surface area contributed by atoms with Crippen molar-refractivity contribution in [1.82, 2.24) is 0 Å². The van der Waals surface area contributed by atoms with Crippen LogP contribution in [-0.2, 0) is 0 Å². The van der Waals surface area contributed by atoms with Crippen LogP contribution < -0.4 is 0 Å². The molecule has 0 radical (unpaired) electrons. The van der Waals surface area contributed by atoms with Crippen LogP contribution in [0.25, 0.3) is 120 Å². The van der Waals surface area contributed by atoms with Crippen LogP contribution in [0, 0.1) is 0 Å². The lowest BCUT2D eigenvalue weighted by Gasteiger charge is -2.16. The first-order valence-corrected chi connectivity index (χ1v) is 15.5. The van der Waals surface area contributed by atoms with Gasteiger partial charge in [-0.05, 0) is 132 Å². The first-order chi connectivity index (χ1) is 21.8. The zero-order chi connectivity index (χ0) is 28.3. The Kier molecular flexibility index (Phi) is 3.61. The highest BCUT2D eigenvalue weighted by Gasteiger charge is 2.28. The average Bonchev–Trinajstić information content (AvgIpc) is 3.59. The van der Waals surface area contributed by atoms with Crippen LogP contribution >= 0.6 is 0 Å². The molecule has 0 saturated carbocycles. The van der Waals surface area contributed by atoms with Crippen molar-refractivity contribution in [3.8, 4) is 44.5 Å². The summed E-state index contributed by atoms with van der Waals surface area (Å²) < 4.78 is 0.